The van der Waals surface area contributed by atoms with E-state index in [0.29, 0.717) is 16.8 Å². The van der Waals surface area contributed by atoms with Crippen molar-refractivity contribution in [3.63, 3.8) is 0 Å². The Labute approximate surface area is 192 Å². The number of hydrogen-bond acceptors (Lipinski definition) is 9. The van der Waals surface area contributed by atoms with Gasteiger partial charge in [-0.2, -0.15) is 0 Å². The Kier molecular flexibility index (Phi) is 5.96. The molecule has 0 saturated heterocycles. The molecule has 0 radical (unpaired) electrons. The number of aromatic nitrogens is 1. The van der Waals surface area contributed by atoms with Gasteiger partial charge in [-0.15, -0.1) is 0 Å². The van der Waals surface area contributed by atoms with E-state index in [0.717, 1.165) is 18.3 Å². The molecule has 0 amide bonds. The van der Waals surface area contributed by atoms with E-state index in [9.17, 15) is 29.9 Å². The molecular formula is C24H18N2O8. The van der Waals surface area contributed by atoms with Gasteiger partial charge in [0.05, 0.1) is 17.0 Å². The highest BCUT2D eigenvalue weighted by molar-refractivity contribution is 6.03. The first-order chi connectivity index (χ1) is 16.2. The Morgan fingerprint density at radius 1 is 1.21 bits per heavy atom. The lowest BCUT2D eigenvalue weighted by Crippen LogP contribution is -2.20. The molecule has 2 aromatic carbocycles. The fourth-order valence-corrected chi connectivity index (χ4v) is 3.39. The number of benzene rings is 2. The van der Waals surface area contributed by atoms with Crippen LogP contribution in [0.5, 0.6) is 23.0 Å². The van der Waals surface area contributed by atoms with Crippen LogP contribution < -0.4 is 9.47 Å². The van der Waals surface area contributed by atoms with E-state index in [1.165, 1.54) is 30.3 Å². The number of phenols is 2. The SMILES string of the molecule is Cc1ccc([C@@H]2CC(=O)c3c(O)cc(OC(=O)/C=C/c4ccc([N+](=O)[O-])cn4)cc3O2)cc1O. The van der Waals surface area contributed by atoms with Crippen molar-refractivity contribution in [3.8, 4) is 23.0 Å². The normalized spacial score (nSPS) is 15.0. The molecule has 1 atom stereocenters. The average Bonchev–Trinajstić information content (AvgIpc) is 2.79. The smallest absolute Gasteiger partial charge is 0.336 e. The molecule has 3 aromatic rings. The van der Waals surface area contributed by atoms with E-state index in [1.54, 1.807) is 19.1 Å². The molecule has 1 aliphatic heterocycles. The molecular weight excluding hydrogens is 444 g/mol. The molecule has 1 aliphatic rings. The maximum atomic E-state index is 12.6. The second kappa shape index (κ2) is 9.02. The van der Waals surface area contributed by atoms with Crippen molar-refractivity contribution in [1.29, 1.82) is 0 Å². The maximum Gasteiger partial charge on any atom is 0.336 e. The minimum Gasteiger partial charge on any atom is -0.508 e. The van der Waals surface area contributed by atoms with Gasteiger partial charge in [-0.25, -0.2) is 9.78 Å². The number of fused-ring (bicyclic) bond motifs is 1. The number of nitro groups is 1. The third kappa shape index (κ3) is 4.70. The lowest BCUT2D eigenvalue weighted by atomic mass is 9.95. The van der Waals surface area contributed by atoms with Crippen LogP contribution in [-0.2, 0) is 4.79 Å². The summed E-state index contributed by atoms with van der Waals surface area (Å²) in [4.78, 5) is 38.8. The Morgan fingerprint density at radius 2 is 2.00 bits per heavy atom. The van der Waals surface area contributed by atoms with E-state index in [2.05, 4.69) is 4.98 Å². The van der Waals surface area contributed by atoms with Gasteiger partial charge >= 0.3 is 5.97 Å². The second-order valence-corrected chi connectivity index (χ2v) is 7.55. The van der Waals surface area contributed by atoms with Gasteiger partial charge in [-0.1, -0.05) is 12.1 Å². The zero-order valence-corrected chi connectivity index (χ0v) is 17.8. The molecule has 0 unspecified atom stereocenters. The predicted molar refractivity (Wildman–Crippen MR) is 119 cm³/mol. The summed E-state index contributed by atoms with van der Waals surface area (Å²) in [5.41, 5.74) is 1.36. The molecule has 1 aromatic heterocycles. The van der Waals surface area contributed by atoms with Gasteiger partial charge in [0, 0.05) is 24.3 Å². The summed E-state index contributed by atoms with van der Waals surface area (Å²) in [7, 11) is 0. The quantitative estimate of drug-likeness (QED) is 0.188. The van der Waals surface area contributed by atoms with Crippen LogP contribution in [0.1, 0.15) is 39.7 Å². The predicted octanol–water partition coefficient (Wildman–Crippen LogP) is 4.03. The van der Waals surface area contributed by atoms with E-state index in [-0.39, 0.29) is 40.7 Å². The summed E-state index contributed by atoms with van der Waals surface area (Å²) >= 11 is 0. The highest BCUT2D eigenvalue weighted by Gasteiger charge is 2.31. The van der Waals surface area contributed by atoms with Crippen LogP contribution in [0.25, 0.3) is 6.08 Å². The summed E-state index contributed by atoms with van der Waals surface area (Å²) < 4.78 is 11.1. The number of aryl methyl sites for hydroxylation is 1. The molecule has 4 rings (SSSR count). The zero-order chi connectivity index (χ0) is 24.4. The molecule has 0 saturated carbocycles. The number of Topliss-reactive ketones (excluding diaryl/α,β-unsaturated/α-hetero) is 1. The third-order valence-electron chi connectivity index (χ3n) is 5.17. The van der Waals surface area contributed by atoms with Gasteiger partial charge in [-0.05, 0) is 36.3 Å². The second-order valence-electron chi connectivity index (χ2n) is 7.55. The number of nitrogens with zero attached hydrogens (tertiary/aromatic N) is 2. The van der Waals surface area contributed by atoms with E-state index in [1.807, 2.05) is 0 Å². The summed E-state index contributed by atoms with van der Waals surface area (Å²) in [6.45, 7) is 1.74. The van der Waals surface area contributed by atoms with Crippen molar-refractivity contribution in [2.75, 3.05) is 0 Å². The number of hydrogen-bond donors (Lipinski definition) is 2. The summed E-state index contributed by atoms with van der Waals surface area (Å²) in [5, 5.41) is 31.0. The minimum absolute atomic E-state index is 0.0157. The van der Waals surface area contributed by atoms with Gasteiger partial charge in [0.25, 0.3) is 5.69 Å². The molecule has 0 aliphatic carbocycles. The maximum absolute atomic E-state index is 12.6. The summed E-state index contributed by atoms with van der Waals surface area (Å²) in [6.07, 6.45) is 2.71. The fourth-order valence-electron chi connectivity index (χ4n) is 3.39. The van der Waals surface area contributed by atoms with Gasteiger partial charge in [0.2, 0.25) is 0 Å². The van der Waals surface area contributed by atoms with Crippen molar-refractivity contribution in [3.05, 3.63) is 87.2 Å². The zero-order valence-electron chi connectivity index (χ0n) is 17.8. The monoisotopic (exact) mass is 462 g/mol. The summed E-state index contributed by atoms with van der Waals surface area (Å²) in [5.74, 6) is -1.49. The van der Waals surface area contributed by atoms with Gasteiger partial charge in [-0.3, -0.25) is 14.9 Å². The first-order valence-corrected chi connectivity index (χ1v) is 10.1. The number of pyridine rings is 1. The fraction of sp³-hybridized carbons (Fsp3) is 0.125. The molecule has 34 heavy (non-hydrogen) atoms. The largest absolute Gasteiger partial charge is 0.508 e. The van der Waals surface area contributed by atoms with Crippen LogP contribution in [0.4, 0.5) is 5.69 Å². The Balaban J connectivity index is 1.51. The van der Waals surface area contributed by atoms with Crippen LogP contribution in [0, 0.1) is 17.0 Å². The van der Waals surface area contributed by atoms with Crippen LogP contribution >= 0.6 is 0 Å². The lowest BCUT2D eigenvalue weighted by molar-refractivity contribution is -0.385. The number of phenolic OH excluding ortho intramolecular Hbond substituents is 2. The van der Waals surface area contributed by atoms with E-state index >= 15 is 0 Å². The minimum atomic E-state index is -0.804. The first-order valence-electron chi connectivity index (χ1n) is 10.1. The number of esters is 1. The van der Waals surface area contributed by atoms with Crippen molar-refractivity contribution in [1.82, 2.24) is 4.98 Å². The number of ether oxygens (including phenoxy) is 2. The number of rotatable bonds is 5. The van der Waals surface area contributed by atoms with Crippen molar-refractivity contribution >= 4 is 23.5 Å². The Bertz CT molecular complexity index is 1330. The Hall–Kier alpha value is -4.73. The van der Waals surface area contributed by atoms with Gasteiger partial charge in [0.1, 0.15) is 40.9 Å². The standard InChI is InChI=1S/C24H18N2O8/c1-13-2-3-14(8-18(13)27)21-11-20(29)24-19(28)9-17(10-22(24)34-21)33-23(30)7-5-15-4-6-16(12-25-15)26(31)32/h2-10,12,21,27-28H,11H2,1H3/b7-5+/t21-/m0/s1. The Morgan fingerprint density at radius 3 is 2.68 bits per heavy atom. The van der Waals surface area contributed by atoms with Gasteiger partial charge in [0.15, 0.2) is 5.78 Å². The molecule has 10 heteroatoms. The first kappa shape index (κ1) is 22.5. The number of ketones is 1. The molecule has 172 valence electrons. The van der Waals surface area contributed by atoms with Crippen LogP contribution in [0.2, 0.25) is 0 Å². The summed E-state index contributed by atoms with van der Waals surface area (Å²) in [6, 6.07) is 10.0. The van der Waals surface area contributed by atoms with Crippen molar-refractivity contribution < 1.29 is 34.2 Å². The molecule has 0 bridgehead atoms. The number of carbonyl (C=O) groups excluding carboxylic acids is 2. The number of carbonyl (C=O) groups is 2. The lowest BCUT2D eigenvalue weighted by Gasteiger charge is -2.26. The average molecular weight is 462 g/mol. The van der Waals surface area contributed by atoms with Gasteiger partial charge < -0.3 is 19.7 Å². The number of aromatic hydroxyl groups is 2. The molecule has 10 nitrogen and oxygen atoms in total. The van der Waals surface area contributed by atoms with E-state index < -0.39 is 22.7 Å². The van der Waals surface area contributed by atoms with Crippen LogP contribution in [0.15, 0.2) is 54.7 Å². The topological polar surface area (TPSA) is 149 Å². The molecule has 0 spiro atoms. The van der Waals surface area contributed by atoms with Crippen molar-refractivity contribution in [2.24, 2.45) is 0 Å². The van der Waals surface area contributed by atoms with Crippen molar-refractivity contribution in [2.45, 2.75) is 19.4 Å². The molecule has 2 heterocycles. The van der Waals surface area contributed by atoms with Crippen LogP contribution in [-0.4, -0.2) is 31.9 Å². The highest BCUT2D eigenvalue weighted by atomic mass is 16.6. The molecule has 0 fully saturated rings. The van der Waals surface area contributed by atoms with Crippen LogP contribution in [0.3, 0.4) is 0 Å². The molecule has 2 N–H and O–H groups in total. The highest BCUT2D eigenvalue weighted by Crippen LogP contribution is 2.42. The third-order valence-corrected chi connectivity index (χ3v) is 5.17. The van der Waals surface area contributed by atoms with E-state index in [4.69, 9.17) is 9.47 Å².